The summed E-state index contributed by atoms with van der Waals surface area (Å²) in [5.41, 5.74) is 1.06. The van der Waals surface area contributed by atoms with Gasteiger partial charge in [0, 0.05) is 61.1 Å². The molecule has 0 aliphatic carbocycles. The van der Waals surface area contributed by atoms with Gasteiger partial charge in [0.05, 0.1) is 37.1 Å². The quantitative estimate of drug-likeness (QED) is 0.0469. The second kappa shape index (κ2) is 35.5. The van der Waals surface area contributed by atoms with Crippen LogP contribution in [0.25, 0.3) is 6.08 Å². The Balaban J connectivity index is 2.58. The summed E-state index contributed by atoms with van der Waals surface area (Å²) in [6, 6.07) is -3.66. The number of likely N-dealkylation sites (N-methyl/N-ethyl adjacent to an activating group) is 6. The van der Waals surface area contributed by atoms with Crippen LogP contribution in [-0.4, -0.2) is 225 Å². The van der Waals surface area contributed by atoms with E-state index in [-0.39, 0.29) is 61.7 Å². The zero-order valence-corrected chi connectivity index (χ0v) is 57.1. The molecule has 1 aromatic rings. The molecule has 25 heteroatoms. The van der Waals surface area contributed by atoms with Gasteiger partial charge < -0.3 is 55.0 Å². The van der Waals surface area contributed by atoms with Crippen molar-refractivity contribution in [2.45, 2.75) is 227 Å². The molecule has 0 radical (unpaired) electrons. The zero-order chi connectivity index (χ0) is 68.2. The van der Waals surface area contributed by atoms with E-state index in [1.165, 1.54) is 70.8 Å². The topological polar surface area (TPSA) is 317 Å². The molecule has 1 aromatic heterocycles. The lowest BCUT2D eigenvalue weighted by molar-refractivity contribution is -0.176. The van der Waals surface area contributed by atoms with Crippen molar-refractivity contribution in [3.8, 4) is 0 Å². The molecule has 89 heavy (non-hydrogen) atoms. The number of hydrogen-bond acceptors (Lipinski definition) is 18. The maximum atomic E-state index is 15.1. The van der Waals surface area contributed by atoms with Gasteiger partial charge in [0.25, 0.3) is 5.91 Å². The van der Waals surface area contributed by atoms with E-state index in [0.29, 0.717) is 43.9 Å². The highest BCUT2D eigenvalue weighted by molar-refractivity contribution is 5.96. The number of aromatic nitrogens is 2. The molecule has 7 amide bonds. The van der Waals surface area contributed by atoms with Crippen LogP contribution in [-0.2, 0) is 57.4 Å². The Morgan fingerprint density at radius 3 is 1.89 bits per heavy atom. The molecule has 0 aromatic carbocycles. The Morgan fingerprint density at radius 1 is 0.798 bits per heavy atom. The lowest BCUT2D eigenvalue weighted by Crippen LogP contribution is -2.68. The van der Waals surface area contributed by atoms with Gasteiger partial charge in [-0.15, -0.1) is 0 Å². The Hall–Kier alpha value is -6.12. The van der Waals surface area contributed by atoms with E-state index in [4.69, 9.17) is 15.2 Å². The minimum Gasteiger partial charge on any atom is -0.391 e. The molecule has 0 saturated carbocycles. The first-order valence-electron chi connectivity index (χ1n) is 31.4. The largest absolute Gasteiger partial charge is 0.391 e. The van der Waals surface area contributed by atoms with E-state index in [0.717, 1.165) is 14.7 Å². The van der Waals surface area contributed by atoms with Crippen molar-refractivity contribution < 1.29 is 62.5 Å². The summed E-state index contributed by atoms with van der Waals surface area (Å²) in [5.74, 6) is -5.30. The molecule has 1 saturated heterocycles. The number of aliphatic hydroxyl groups is 1. The van der Waals surface area contributed by atoms with Crippen molar-refractivity contribution in [1.29, 1.82) is 0 Å². The van der Waals surface area contributed by atoms with E-state index in [2.05, 4.69) is 25.9 Å². The highest BCUT2D eigenvalue weighted by Gasteiger charge is 2.50. The molecule has 2 heterocycles. The minimum absolute atomic E-state index is 0.00105. The second-order valence-electron chi connectivity index (χ2n) is 26.7. The van der Waals surface area contributed by atoms with Gasteiger partial charge in [0.1, 0.15) is 29.9 Å². The van der Waals surface area contributed by atoms with Crippen LogP contribution in [0.5, 0.6) is 0 Å². The maximum absolute atomic E-state index is 15.1. The monoisotopic (exact) mass is 1250 g/mol. The maximum Gasteiger partial charge on any atom is 0.253 e. The number of carbonyl (C=O) groups excluding carboxylic acids is 10. The van der Waals surface area contributed by atoms with Crippen molar-refractivity contribution in [2.24, 2.45) is 41.2 Å². The molecule has 2 rings (SSSR count). The summed E-state index contributed by atoms with van der Waals surface area (Å²) in [4.78, 5) is 156. The molecule has 504 valence electrons. The van der Waals surface area contributed by atoms with Crippen LogP contribution < -0.4 is 21.7 Å². The number of nitrogens with two attached hydrogens (primary N) is 1. The SMILES string of the molecule is CCCC(NC(C)(C=O)OC(C(=O)N(C)C(N)(C=O)CC(C)C)C(C)C)N(C)C(=O)C(CC(C)C)NC(C=O)(CC(C)C)N(C)C(=O)CN(C)C(=O)C(NC(=O)C1C(C(C)CC=Cc2ncccn2)OC(C)C(N(C)C(=O)CCC(C)C)C(=O)N1C)C(C)O. The number of amides is 7. The number of hydrogen-bond donors (Lipinski definition) is 5. The third kappa shape index (κ3) is 22.1. The number of ether oxygens (including phenoxy) is 2. The molecule has 1 aliphatic rings. The van der Waals surface area contributed by atoms with Gasteiger partial charge in [-0.1, -0.05) is 95.6 Å². The fourth-order valence-corrected chi connectivity index (χ4v) is 11.1. The van der Waals surface area contributed by atoms with Crippen LogP contribution in [0.4, 0.5) is 0 Å². The van der Waals surface area contributed by atoms with Crippen LogP contribution in [0, 0.1) is 35.5 Å². The fourth-order valence-electron chi connectivity index (χ4n) is 11.1. The normalized spacial score (nSPS) is 20.5. The van der Waals surface area contributed by atoms with Crippen molar-refractivity contribution >= 4 is 66.3 Å². The van der Waals surface area contributed by atoms with Gasteiger partial charge in [0.15, 0.2) is 36.1 Å². The molecular formula is C64H110N12O13. The molecule has 0 spiro atoms. The summed E-state index contributed by atoms with van der Waals surface area (Å²) in [5, 5.41) is 20.3. The number of nitrogens with zero attached hydrogens (tertiary/aromatic N) is 8. The highest BCUT2D eigenvalue weighted by atomic mass is 16.5. The zero-order valence-electron chi connectivity index (χ0n) is 57.1. The number of aldehydes is 3. The highest BCUT2D eigenvalue weighted by Crippen LogP contribution is 2.30. The van der Waals surface area contributed by atoms with Crippen LogP contribution in [0.15, 0.2) is 24.5 Å². The van der Waals surface area contributed by atoms with Crippen molar-refractivity contribution in [1.82, 2.24) is 55.3 Å². The van der Waals surface area contributed by atoms with Crippen LogP contribution in [0.2, 0.25) is 0 Å². The summed E-state index contributed by atoms with van der Waals surface area (Å²) in [6.07, 6.45) is 4.84. The number of rotatable bonds is 37. The Kier molecular flexibility index (Phi) is 31.5. The van der Waals surface area contributed by atoms with E-state index in [1.54, 1.807) is 45.3 Å². The second-order valence-corrected chi connectivity index (χ2v) is 26.7. The minimum atomic E-state index is -1.88. The van der Waals surface area contributed by atoms with Crippen molar-refractivity contribution in [2.75, 3.05) is 48.8 Å². The molecular weight excluding hydrogens is 1140 g/mol. The average Bonchev–Trinajstić information content (AvgIpc) is 2.23. The fraction of sp³-hybridized carbons (Fsp3) is 0.750. The third-order valence-electron chi connectivity index (χ3n) is 16.4. The summed E-state index contributed by atoms with van der Waals surface area (Å²) in [6.45, 7) is 26.0. The van der Waals surface area contributed by atoms with Crippen LogP contribution in [0.1, 0.15) is 161 Å². The molecule has 6 N–H and O–H groups in total. The summed E-state index contributed by atoms with van der Waals surface area (Å²) < 4.78 is 13.0. The summed E-state index contributed by atoms with van der Waals surface area (Å²) >= 11 is 0. The third-order valence-corrected chi connectivity index (χ3v) is 16.4. The molecule has 1 aliphatic heterocycles. The van der Waals surface area contributed by atoms with E-state index < -0.39 is 126 Å². The van der Waals surface area contributed by atoms with Crippen molar-refractivity contribution in [3.05, 3.63) is 30.4 Å². The Bertz CT molecular complexity index is 2540. The number of allylic oxidation sites excluding steroid dienone is 1. The standard InChI is InChI=1S/C64H110N12O13/c1-22-25-49(70-62(15,36-77)89-55(43(10)11)61(87)76(21)63(65,37-78)33-41(6)7)72(17)58(84)47(32-40(4)5)69-64(38-79,34-42(8)9)75(20)51(82)35-71(16)59(85)52(45(13)80)68-57(83)54-56(44(12)26-23-27-48-66-30-24-31-67-48)88-46(14)53(60(86)74(54)19)73(18)50(81)29-28-39(2)3/h23-24,27,30-31,36-47,49,52-56,69-70,80H,22,25-26,28-29,32-35,65H2,1-21H3,(H,68,83). The Morgan fingerprint density at radius 2 is 1.39 bits per heavy atom. The first-order valence-corrected chi connectivity index (χ1v) is 31.4. The van der Waals surface area contributed by atoms with E-state index in [1.807, 2.05) is 75.3 Å². The smallest absolute Gasteiger partial charge is 0.253 e. The van der Waals surface area contributed by atoms with Crippen LogP contribution >= 0.6 is 0 Å². The van der Waals surface area contributed by atoms with Crippen LogP contribution in [0.3, 0.4) is 0 Å². The lowest BCUT2D eigenvalue weighted by Gasteiger charge is -2.44. The molecule has 0 bridgehead atoms. The van der Waals surface area contributed by atoms with Gasteiger partial charge in [-0.3, -0.25) is 58.6 Å². The summed E-state index contributed by atoms with van der Waals surface area (Å²) in [7, 11) is 8.55. The average molecular weight is 1260 g/mol. The number of aliphatic hydroxyl groups excluding tert-OH is 1. The van der Waals surface area contributed by atoms with Crippen molar-refractivity contribution in [3.63, 3.8) is 0 Å². The molecule has 1 fully saturated rings. The molecule has 13 unspecified atom stereocenters. The van der Waals surface area contributed by atoms with Gasteiger partial charge in [0.2, 0.25) is 35.4 Å². The predicted molar refractivity (Wildman–Crippen MR) is 339 cm³/mol. The Labute approximate surface area is 529 Å². The first-order chi connectivity index (χ1) is 41.3. The van der Waals surface area contributed by atoms with Gasteiger partial charge in [-0.05, 0) is 107 Å². The van der Waals surface area contributed by atoms with Gasteiger partial charge in [-0.25, -0.2) is 9.97 Å². The van der Waals surface area contributed by atoms with E-state index in [9.17, 15) is 48.3 Å². The van der Waals surface area contributed by atoms with Gasteiger partial charge >= 0.3 is 0 Å². The first kappa shape index (κ1) is 79.0. The number of nitrogens with one attached hydrogen (secondary N) is 3. The lowest BCUT2D eigenvalue weighted by atomic mass is 9.92. The number of carbonyl (C=O) groups is 10. The predicted octanol–water partition coefficient (Wildman–Crippen LogP) is 3.61. The van der Waals surface area contributed by atoms with Gasteiger partial charge in [-0.2, -0.15) is 0 Å². The molecule has 25 nitrogen and oxygen atoms in total. The molecule has 13 atom stereocenters. The van der Waals surface area contributed by atoms with E-state index >= 15 is 4.79 Å².